The number of H-pyrrole nitrogens is 1. The number of nitrogens with zero attached hydrogens (tertiary/aromatic N) is 1. The lowest BCUT2D eigenvalue weighted by atomic mass is 10.1. The van der Waals surface area contributed by atoms with E-state index in [1.165, 1.54) is 4.90 Å². The molecule has 1 aromatic heterocycles. The van der Waals surface area contributed by atoms with Crippen molar-refractivity contribution in [1.29, 1.82) is 0 Å². The molecule has 90 valence electrons. The predicted molar refractivity (Wildman–Crippen MR) is 76.3 cm³/mol. The first kappa shape index (κ1) is 12.7. The minimum Gasteiger partial charge on any atom is -0.330 e. The zero-order valence-electron chi connectivity index (χ0n) is 9.53. The van der Waals surface area contributed by atoms with Crippen LogP contribution < -0.4 is 5.73 Å². The second-order valence-electron chi connectivity index (χ2n) is 3.63. The van der Waals surface area contributed by atoms with E-state index >= 15 is 0 Å². The molecule has 0 radical (unpaired) electrons. The molecule has 0 saturated heterocycles. The normalized spacial score (nSPS) is 10.8. The van der Waals surface area contributed by atoms with Gasteiger partial charge in [0, 0.05) is 16.9 Å². The molecule has 17 heavy (non-hydrogen) atoms. The number of hydrogen-bond acceptors (Lipinski definition) is 3. The van der Waals surface area contributed by atoms with Crippen LogP contribution in [0, 0.1) is 0 Å². The summed E-state index contributed by atoms with van der Waals surface area (Å²) in [7, 11) is 0. The number of aromatic amines is 1. The molecule has 0 fully saturated rings. The Labute approximate surface area is 113 Å². The molecule has 0 aliphatic heterocycles. The summed E-state index contributed by atoms with van der Waals surface area (Å²) in [6.07, 6.45) is 2.87. The van der Waals surface area contributed by atoms with Crippen molar-refractivity contribution < 1.29 is 0 Å². The van der Waals surface area contributed by atoms with Gasteiger partial charge in [0.05, 0.1) is 10.2 Å². The highest BCUT2D eigenvalue weighted by Gasteiger charge is 2.11. The van der Waals surface area contributed by atoms with E-state index in [0.29, 0.717) is 6.54 Å². The van der Waals surface area contributed by atoms with E-state index in [1.54, 1.807) is 11.8 Å². The Morgan fingerprint density at radius 1 is 1.35 bits per heavy atom. The maximum Gasteiger partial charge on any atom is 0.107 e. The monoisotopic (exact) mass is 311 g/mol. The van der Waals surface area contributed by atoms with E-state index in [9.17, 15) is 0 Å². The molecule has 0 amide bonds. The van der Waals surface area contributed by atoms with Gasteiger partial charge in [0.25, 0.3) is 0 Å². The van der Waals surface area contributed by atoms with Crippen LogP contribution in [0.2, 0.25) is 0 Å². The van der Waals surface area contributed by atoms with Crippen LogP contribution in [0.25, 0.3) is 11.3 Å². The number of halogens is 1. The third kappa shape index (κ3) is 2.73. The third-order valence-corrected chi connectivity index (χ3v) is 4.13. The molecule has 0 aliphatic rings. The summed E-state index contributed by atoms with van der Waals surface area (Å²) < 4.78 is 1.01. The average molecular weight is 312 g/mol. The van der Waals surface area contributed by atoms with Crippen LogP contribution in [0.1, 0.15) is 5.69 Å². The van der Waals surface area contributed by atoms with Gasteiger partial charge in [-0.05, 0) is 40.9 Å². The van der Waals surface area contributed by atoms with Crippen LogP contribution in [-0.4, -0.2) is 23.0 Å². The van der Waals surface area contributed by atoms with Crippen molar-refractivity contribution in [2.45, 2.75) is 11.3 Å². The van der Waals surface area contributed by atoms with Gasteiger partial charge in [-0.25, -0.2) is 0 Å². The Morgan fingerprint density at radius 2 is 2.06 bits per heavy atom. The van der Waals surface area contributed by atoms with Gasteiger partial charge >= 0.3 is 0 Å². The van der Waals surface area contributed by atoms with E-state index in [-0.39, 0.29) is 0 Å². The highest BCUT2D eigenvalue weighted by atomic mass is 79.9. The smallest absolute Gasteiger partial charge is 0.107 e. The summed E-state index contributed by atoms with van der Waals surface area (Å²) in [5.41, 5.74) is 8.65. The van der Waals surface area contributed by atoms with Crippen LogP contribution in [-0.2, 0) is 6.42 Å². The first-order valence-corrected chi connectivity index (χ1v) is 7.35. The largest absolute Gasteiger partial charge is 0.330 e. The minimum absolute atomic E-state index is 0.617. The van der Waals surface area contributed by atoms with Gasteiger partial charge < -0.3 is 5.73 Å². The average Bonchev–Trinajstić information content (AvgIpc) is 2.72. The molecule has 1 aromatic carbocycles. The maximum atomic E-state index is 5.54. The van der Waals surface area contributed by atoms with Crippen LogP contribution in [0.5, 0.6) is 0 Å². The van der Waals surface area contributed by atoms with Gasteiger partial charge in [0.1, 0.15) is 5.69 Å². The molecule has 1 heterocycles. The van der Waals surface area contributed by atoms with Gasteiger partial charge in [-0.1, -0.05) is 12.1 Å². The van der Waals surface area contributed by atoms with Crippen molar-refractivity contribution in [1.82, 2.24) is 10.2 Å². The molecule has 0 spiro atoms. The van der Waals surface area contributed by atoms with Crippen molar-refractivity contribution in [3.05, 3.63) is 34.4 Å². The Bertz CT molecular complexity index is 493. The van der Waals surface area contributed by atoms with Crippen molar-refractivity contribution in [3.63, 3.8) is 0 Å². The highest BCUT2D eigenvalue weighted by Crippen LogP contribution is 2.30. The van der Waals surface area contributed by atoms with E-state index in [1.807, 2.05) is 0 Å². The quantitative estimate of drug-likeness (QED) is 0.853. The zero-order chi connectivity index (χ0) is 12.3. The zero-order valence-corrected chi connectivity index (χ0v) is 11.9. The standard InChI is InChI=1S/C12H14BrN3S/c1-17-9-4-2-8(3-5-9)12-11(13)10(6-7-14)15-16-12/h2-5H,6-7,14H2,1H3,(H,15,16). The molecular formula is C12H14BrN3S. The molecule has 2 rings (SSSR count). The number of nitrogens with one attached hydrogen (secondary N) is 1. The number of hydrogen-bond donors (Lipinski definition) is 2. The highest BCUT2D eigenvalue weighted by molar-refractivity contribution is 9.10. The number of aromatic nitrogens is 2. The van der Waals surface area contributed by atoms with Crippen molar-refractivity contribution in [2.75, 3.05) is 12.8 Å². The molecular weight excluding hydrogens is 298 g/mol. The number of nitrogens with two attached hydrogens (primary N) is 1. The number of thioether (sulfide) groups is 1. The van der Waals surface area contributed by atoms with Crippen molar-refractivity contribution >= 4 is 27.7 Å². The van der Waals surface area contributed by atoms with Gasteiger partial charge in [-0.3, -0.25) is 5.10 Å². The van der Waals surface area contributed by atoms with Gasteiger partial charge in [-0.15, -0.1) is 11.8 Å². The molecule has 5 heteroatoms. The molecule has 0 bridgehead atoms. The molecule has 3 nitrogen and oxygen atoms in total. The third-order valence-electron chi connectivity index (χ3n) is 2.53. The van der Waals surface area contributed by atoms with E-state index in [0.717, 1.165) is 27.8 Å². The molecule has 0 atom stereocenters. The van der Waals surface area contributed by atoms with Crippen molar-refractivity contribution in [3.8, 4) is 11.3 Å². The van der Waals surface area contributed by atoms with Gasteiger partial charge in [-0.2, -0.15) is 5.10 Å². The van der Waals surface area contributed by atoms with Gasteiger partial charge in [0.15, 0.2) is 0 Å². The topological polar surface area (TPSA) is 54.7 Å². The first-order chi connectivity index (χ1) is 8.26. The molecule has 0 aliphatic carbocycles. The molecule has 3 N–H and O–H groups in total. The Morgan fingerprint density at radius 3 is 2.65 bits per heavy atom. The molecule has 2 aromatic rings. The summed E-state index contributed by atoms with van der Waals surface area (Å²) in [5, 5.41) is 7.35. The SMILES string of the molecule is CSc1ccc(-c2n[nH]c(CCN)c2Br)cc1. The lowest BCUT2D eigenvalue weighted by Crippen LogP contribution is -2.03. The van der Waals surface area contributed by atoms with E-state index in [4.69, 9.17) is 5.73 Å². The summed E-state index contributed by atoms with van der Waals surface area (Å²) >= 11 is 5.30. The summed E-state index contributed by atoms with van der Waals surface area (Å²) in [5.74, 6) is 0. The molecule has 0 saturated carbocycles. The summed E-state index contributed by atoms with van der Waals surface area (Å²) in [4.78, 5) is 1.25. The van der Waals surface area contributed by atoms with E-state index < -0.39 is 0 Å². The van der Waals surface area contributed by atoms with E-state index in [2.05, 4.69) is 56.6 Å². The summed E-state index contributed by atoms with van der Waals surface area (Å²) in [6, 6.07) is 8.37. The Hall–Kier alpha value is -0.780. The predicted octanol–water partition coefficient (Wildman–Crippen LogP) is 3.06. The Balaban J connectivity index is 2.32. The van der Waals surface area contributed by atoms with Crippen molar-refractivity contribution in [2.24, 2.45) is 5.73 Å². The Kier molecular flexibility index (Phi) is 4.25. The number of benzene rings is 1. The van der Waals surface area contributed by atoms with Crippen LogP contribution in [0.15, 0.2) is 33.6 Å². The fourth-order valence-corrected chi connectivity index (χ4v) is 2.63. The lowest BCUT2D eigenvalue weighted by Gasteiger charge is -2.00. The fraction of sp³-hybridized carbons (Fsp3) is 0.250. The summed E-state index contributed by atoms with van der Waals surface area (Å²) in [6.45, 7) is 0.617. The second-order valence-corrected chi connectivity index (χ2v) is 5.30. The lowest BCUT2D eigenvalue weighted by molar-refractivity contribution is 0.898. The van der Waals surface area contributed by atoms with Crippen LogP contribution in [0.3, 0.4) is 0 Å². The van der Waals surface area contributed by atoms with Crippen LogP contribution >= 0.6 is 27.7 Å². The van der Waals surface area contributed by atoms with Crippen LogP contribution in [0.4, 0.5) is 0 Å². The van der Waals surface area contributed by atoms with Gasteiger partial charge in [0.2, 0.25) is 0 Å². The fourth-order valence-electron chi connectivity index (χ4n) is 1.61. The first-order valence-electron chi connectivity index (χ1n) is 5.33. The minimum atomic E-state index is 0.617. The maximum absolute atomic E-state index is 5.54. The second kappa shape index (κ2) is 5.71. The number of rotatable bonds is 4. The molecule has 0 unspecified atom stereocenters.